The Balaban J connectivity index is 1.66. The molecule has 1 amide bonds. The number of anilines is 1. The molecular weight excluding hydrogens is 396 g/mol. The zero-order valence-electron chi connectivity index (χ0n) is 15.6. The largest absolute Gasteiger partial charge is 0.462 e. The van der Waals surface area contributed by atoms with Gasteiger partial charge in [-0.2, -0.15) is 5.26 Å². The molecule has 2 aromatic heterocycles. The lowest BCUT2D eigenvalue weighted by Crippen LogP contribution is -2.20. The Morgan fingerprint density at radius 1 is 1.28 bits per heavy atom. The highest BCUT2D eigenvalue weighted by Crippen LogP contribution is 2.33. The van der Waals surface area contributed by atoms with E-state index in [0.29, 0.717) is 16.6 Å². The number of aromatic nitrogens is 2. The lowest BCUT2D eigenvalue weighted by atomic mass is 10.2. The molecule has 1 aromatic carbocycles. The number of hydrogen-bond donors (Lipinski definition) is 2. The van der Waals surface area contributed by atoms with Crippen LogP contribution in [0.25, 0.3) is 11.0 Å². The lowest BCUT2D eigenvalue weighted by Gasteiger charge is -2.06. The fourth-order valence-corrected chi connectivity index (χ4v) is 3.63. The summed E-state index contributed by atoms with van der Waals surface area (Å²) in [6, 6.07) is 6.74. The number of rotatable bonds is 6. The normalized spacial score (nSPS) is 10.4. The maximum absolute atomic E-state index is 12.2. The van der Waals surface area contributed by atoms with Gasteiger partial charge in [-0.05, 0) is 37.6 Å². The third-order valence-electron chi connectivity index (χ3n) is 3.96. The molecule has 2 heterocycles. The molecule has 0 radical (unpaired) electrons. The highest BCUT2D eigenvalue weighted by atomic mass is 32.1. The first kappa shape index (κ1) is 20.0. The van der Waals surface area contributed by atoms with Crippen molar-refractivity contribution in [2.45, 2.75) is 13.8 Å². The van der Waals surface area contributed by atoms with E-state index in [9.17, 15) is 19.6 Å². The quantitative estimate of drug-likeness (QED) is 0.595. The Hall–Kier alpha value is -3.71. The summed E-state index contributed by atoms with van der Waals surface area (Å²) in [6.07, 6.45) is 1.51. The average molecular weight is 412 g/mol. The minimum Gasteiger partial charge on any atom is -0.462 e. The van der Waals surface area contributed by atoms with Crippen LogP contribution in [-0.4, -0.2) is 41.0 Å². The van der Waals surface area contributed by atoms with Crippen molar-refractivity contribution >= 4 is 45.2 Å². The van der Waals surface area contributed by atoms with E-state index in [4.69, 9.17) is 9.47 Å². The number of imidazole rings is 1. The summed E-state index contributed by atoms with van der Waals surface area (Å²) in [4.78, 5) is 43.5. The summed E-state index contributed by atoms with van der Waals surface area (Å²) in [5, 5.41) is 12.0. The number of nitriles is 1. The summed E-state index contributed by atoms with van der Waals surface area (Å²) in [6.45, 7) is 2.92. The van der Waals surface area contributed by atoms with Crippen LogP contribution in [0.2, 0.25) is 0 Å². The second-order valence-electron chi connectivity index (χ2n) is 5.85. The number of aromatic amines is 1. The van der Waals surface area contributed by atoms with Crippen molar-refractivity contribution in [3.8, 4) is 6.07 Å². The topological polar surface area (TPSA) is 134 Å². The maximum atomic E-state index is 12.2. The predicted molar refractivity (Wildman–Crippen MR) is 105 cm³/mol. The van der Waals surface area contributed by atoms with Gasteiger partial charge < -0.3 is 19.8 Å². The molecule has 0 aliphatic rings. The van der Waals surface area contributed by atoms with Crippen molar-refractivity contribution in [1.29, 1.82) is 5.26 Å². The lowest BCUT2D eigenvalue weighted by molar-refractivity contribution is -0.119. The summed E-state index contributed by atoms with van der Waals surface area (Å²) < 4.78 is 9.98. The van der Waals surface area contributed by atoms with Crippen LogP contribution in [0, 0.1) is 18.3 Å². The van der Waals surface area contributed by atoms with Gasteiger partial charge >= 0.3 is 11.9 Å². The number of carbonyl (C=O) groups excluding carboxylic acids is 3. The van der Waals surface area contributed by atoms with Gasteiger partial charge in [0, 0.05) is 0 Å². The minimum atomic E-state index is -0.674. The number of ether oxygens (including phenoxy) is 2. The van der Waals surface area contributed by atoms with Gasteiger partial charge in [-0.1, -0.05) is 0 Å². The van der Waals surface area contributed by atoms with Crippen LogP contribution < -0.4 is 5.32 Å². The van der Waals surface area contributed by atoms with Gasteiger partial charge in [0.1, 0.15) is 15.9 Å². The molecule has 0 fully saturated rings. The number of amides is 1. The number of hydrogen-bond acceptors (Lipinski definition) is 8. The molecule has 9 nitrogen and oxygen atoms in total. The van der Waals surface area contributed by atoms with Crippen LogP contribution >= 0.6 is 11.3 Å². The Kier molecular flexibility index (Phi) is 5.90. The SMILES string of the molecule is CCOC(=O)c1sc(NC(=O)COC(=O)c2ccc3nc[nH]c3c2)c(C#N)c1C. The van der Waals surface area contributed by atoms with E-state index >= 15 is 0 Å². The second kappa shape index (κ2) is 8.53. The summed E-state index contributed by atoms with van der Waals surface area (Å²) in [5.41, 5.74) is 2.24. The van der Waals surface area contributed by atoms with Crippen LogP contribution in [0.5, 0.6) is 0 Å². The van der Waals surface area contributed by atoms with Crippen molar-refractivity contribution in [1.82, 2.24) is 9.97 Å². The van der Waals surface area contributed by atoms with Crippen molar-refractivity contribution < 1.29 is 23.9 Å². The first-order chi connectivity index (χ1) is 13.9. The zero-order valence-corrected chi connectivity index (χ0v) is 16.4. The molecule has 2 N–H and O–H groups in total. The van der Waals surface area contributed by atoms with E-state index in [2.05, 4.69) is 15.3 Å². The zero-order chi connectivity index (χ0) is 21.0. The molecule has 0 aliphatic heterocycles. The van der Waals surface area contributed by atoms with Gasteiger partial charge in [0.25, 0.3) is 5.91 Å². The maximum Gasteiger partial charge on any atom is 0.348 e. The van der Waals surface area contributed by atoms with Crippen molar-refractivity contribution in [3.63, 3.8) is 0 Å². The first-order valence-electron chi connectivity index (χ1n) is 8.55. The molecule has 148 valence electrons. The molecule has 0 aliphatic carbocycles. The number of esters is 2. The van der Waals surface area contributed by atoms with E-state index in [0.717, 1.165) is 11.3 Å². The van der Waals surface area contributed by atoms with Crippen LogP contribution in [0.15, 0.2) is 24.5 Å². The van der Waals surface area contributed by atoms with Crippen LogP contribution in [0.1, 0.15) is 38.1 Å². The van der Waals surface area contributed by atoms with Crippen LogP contribution in [0.4, 0.5) is 5.00 Å². The first-order valence-corrected chi connectivity index (χ1v) is 9.37. The Bertz CT molecular complexity index is 1140. The van der Waals surface area contributed by atoms with Gasteiger partial charge in [-0.3, -0.25) is 4.79 Å². The fraction of sp³-hybridized carbons (Fsp3) is 0.211. The smallest absolute Gasteiger partial charge is 0.348 e. The van der Waals surface area contributed by atoms with Gasteiger partial charge in [-0.25, -0.2) is 14.6 Å². The highest BCUT2D eigenvalue weighted by Gasteiger charge is 2.22. The number of benzene rings is 1. The molecule has 29 heavy (non-hydrogen) atoms. The predicted octanol–water partition coefficient (Wildman–Crippen LogP) is 2.78. The van der Waals surface area contributed by atoms with E-state index in [1.54, 1.807) is 32.0 Å². The number of nitrogens with zero attached hydrogens (tertiary/aromatic N) is 2. The Morgan fingerprint density at radius 3 is 2.79 bits per heavy atom. The molecule has 0 saturated carbocycles. The third kappa shape index (κ3) is 4.25. The van der Waals surface area contributed by atoms with Crippen LogP contribution in [-0.2, 0) is 14.3 Å². The molecule has 3 aromatic rings. The van der Waals surface area contributed by atoms with Gasteiger partial charge in [0.05, 0.1) is 35.1 Å². The molecule has 0 bridgehead atoms. The number of fused-ring (bicyclic) bond motifs is 1. The summed E-state index contributed by atoms with van der Waals surface area (Å²) >= 11 is 0.940. The van der Waals surface area contributed by atoms with E-state index < -0.39 is 24.5 Å². The Morgan fingerprint density at radius 2 is 2.07 bits per heavy atom. The van der Waals surface area contributed by atoms with Crippen LogP contribution in [0.3, 0.4) is 0 Å². The number of carbonyl (C=O) groups is 3. The Labute approximate surface area is 169 Å². The average Bonchev–Trinajstić information content (AvgIpc) is 3.29. The summed E-state index contributed by atoms with van der Waals surface area (Å²) in [5.74, 6) is -1.87. The number of H-pyrrole nitrogens is 1. The van der Waals surface area contributed by atoms with Gasteiger partial charge in [0.2, 0.25) is 0 Å². The van der Waals surface area contributed by atoms with Crippen molar-refractivity contribution in [2.24, 2.45) is 0 Å². The molecular formula is C19H16N4O5S. The van der Waals surface area contributed by atoms with E-state index in [1.807, 2.05) is 6.07 Å². The molecule has 0 unspecified atom stereocenters. The molecule has 10 heteroatoms. The monoisotopic (exact) mass is 412 g/mol. The van der Waals surface area contributed by atoms with E-state index in [1.165, 1.54) is 6.33 Å². The second-order valence-corrected chi connectivity index (χ2v) is 6.87. The van der Waals surface area contributed by atoms with E-state index in [-0.39, 0.29) is 27.6 Å². The van der Waals surface area contributed by atoms with Gasteiger partial charge in [0.15, 0.2) is 6.61 Å². The molecule has 0 atom stereocenters. The molecule has 0 saturated heterocycles. The highest BCUT2D eigenvalue weighted by molar-refractivity contribution is 7.18. The number of nitrogens with one attached hydrogen (secondary N) is 2. The molecule has 0 spiro atoms. The minimum absolute atomic E-state index is 0.169. The summed E-state index contributed by atoms with van der Waals surface area (Å²) in [7, 11) is 0. The standard InChI is InChI=1S/C19H16N4O5S/c1-3-27-19(26)16-10(2)12(7-20)17(29-16)23-15(24)8-28-18(25)11-4-5-13-14(6-11)22-9-21-13/h4-6,9H,3,8H2,1-2H3,(H,21,22)(H,23,24). The van der Waals surface area contributed by atoms with Crippen molar-refractivity contribution in [3.05, 3.63) is 46.1 Å². The fourth-order valence-electron chi connectivity index (χ4n) is 2.57. The van der Waals surface area contributed by atoms with Gasteiger partial charge in [-0.15, -0.1) is 11.3 Å². The van der Waals surface area contributed by atoms with Crippen molar-refractivity contribution in [2.75, 3.05) is 18.5 Å². The third-order valence-corrected chi connectivity index (χ3v) is 5.15. The molecule has 3 rings (SSSR count). The number of thiophene rings is 1.